The van der Waals surface area contributed by atoms with E-state index < -0.39 is 5.82 Å². The summed E-state index contributed by atoms with van der Waals surface area (Å²) < 4.78 is 13.8. The van der Waals surface area contributed by atoms with Gasteiger partial charge >= 0.3 is 0 Å². The molecule has 2 aliphatic rings. The molecule has 102 valence electrons. The van der Waals surface area contributed by atoms with E-state index in [0.29, 0.717) is 0 Å². The van der Waals surface area contributed by atoms with Gasteiger partial charge in [0.25, 0.3) is 5.91 Å². The highest BCUT2D eigenvalue weighted by Crippen LogP contribution is 2.43. The van der Waals surface area contributed by atoms with Crippen molar-refractivity contribution in [3.8, 4) is 0 Å². The maximum absolute atomic E-state index is 13.8. The molecular weight excluding hydrogens is 263 g/mol. The minimum absolute atomic E-state index is 0.120. The van der Waals surface area contributed by atoms with Gasteiger partial charge in [-0.15, -0.1) is 11.8 Å². The zero-order chi connectivity index (χ0) is 13.3. The monoisotopic (exact) mass is 280 g/mol. The van der Waals surface area contributed by atoms with Crippen LogP contribution < -0.4 is 5.32 Å². The fourth-order valence-corrected chi connectivity index (χ4v) is 4.38. The summed E-state index contributed by atoms with van der Waals surface area (Å²) in [5.74, 6) is 0.360. The smallest absolute Gasteiger partial charge is 0.257 e. The molecule has 1 amide bonds. The summed E-state index contributed by atoms with van der Waals surface area (Å²) in [6.45, 7) is 2.57. The van der Waals surface area contributed by atoms with Gasteiger partial charge < -0.3 is 10.2 Å². The van der Waals surface area contributed by atoms with Crippen molar-refractivity contribution in [2.24, 2.45) is 0 Å². The molecule has 3 rings (SSSR count). The zero-order valence-corrected chi connectivity index (χ0v) is 11.5. The lowest BCUT2D eigenvalue weighted by atomic mass is 10.0. The third-order valence-electron chi connectivity index (χ3n) is 3.91. The minimum Gasteiger partial charge on any atom is -0.323 e. The Morgan fingerprint density at radius 1 is 1.32 bits per heavy atom. The number of carbonyl (C=O) groups excluding carboxylic acids is 1. The molecule has 0 saturated carbocycles. The number of piperidine rings is 1. The molecule has 2 fully saturated rings. The third-order valence-corrected chi connectivity index (χ3v) is 5.46. The van der Waals surface area contributed by atoms with E-state index in [2.05, 4.69) is 5.32 Å². The molecule has 0 atom stereocenters. The summed E-state index contributed by atoms with van der Waals surface area (Å²) >= 11 is 1.85. The van der Waals surface area contributed by atoms with Crippen molar-refractivity contribution in [1.82, 2.24) is 10.2 Å². The van der Waals surface area contributed by atoms with Crippen molar-refractivity contribution < 1.29 is 9.18 Å². The van der Waals surface area contributed by atoms with Crippen LogP contribution in [0, 0.1) is 5.82 Å². The maximum atomic E-state index is 13.8. The predicted molar refractivity (Wildman–Crippen MR) is 74.7 cm³/mol. The maximum Gasteiger partial charge on any atom is 0.257 e. The summed E-state index contributed by atoms with van der Waals surface area (Å²) in [6, 6.07) is 6.26. The Bertz CT molecular complexity index is 488. The molecule has 2 aliphatic heterocycles. The lowest BCUT2D eigenvalue weighted by Crippen LogP contribution is -2.51. The number of halogens is 1. The Morgan fingerprint density at radius 3 is 2.79 bits per heavy atom. The van der Waals surface area contributed by atoms with Gasteiger partial charge in [0, 0.05) is 12.3 Å². The number of carbonyl (C=O) groups is 1. The standard InChI is InChI=1S/C14H17FN2OS/c15-12-4-2-1-3-11(12)13(18)17-9-10-19-14(17)5-7-16-8-6-14/h1-4,16H,5-10H2. The SMILES string of the molecule is O=C(c1ccccc1F)N1CCSC12CCNCC2. The lowest BCUT2D eigenvalue weighted by molar-refractivity contribution is 0.0630. The van der Waals surface area contributed by atoms with Crippen molar-refractivity contribution in [2.75, 3.05) is 25.4 Å². The molecule has 2 heterocycles. The molecular formula is C14H17FN2OS. The van der Waals surface area contributed by atoms with Crippen LogP contribution >= 0.6 is 11.8 Å². The second-order valence-corrected chi connectivity index (χ2v) is 6.44. The lowest BCUT2D eigenvalue weighted by Gasteiger charge is -2.40. The summed E-state index contributed by atoms with van der Waals surface area (Å²) in [5.41, 5.74) is 0.197. The summed E-state index contributed by atoms with van der Waals surface area (Å²) in [7, 11) is 0. The molecule has 0 aromatic heterocycles. The molecule has 5 heteroatoms. The van der Waals surface area contributed by atoms with E-state index in [4.69, 9.17) is 0 Å². The molecule has 3 nitrogen and oxygen atoms in total. The highest BCUT2D eigenvalue weighted by molar-refractivity contribution is 8.00. The van der Waals surface area contributed by atoms with Gasteiger partial charge in [0.05, 0.1) is 10.4 Å². The molecule has 1 spiro atoms. The van der Waals surface area contributed by atoms with Gasteiger partial charge in [0.15, 0.2) is 0 Å². The summed E-state index contributed by atoms with van der Waals surface area (Å²) in [4.78, 5) is 14.4. The first kappa shape index (κ1) is 12.9. The number of nitrogens with zero attached hydrogens (tertiary/aromatic N) is 1. The van der Waals surface area contributed by atoms with Crippen LogP contribution in [-0.4, -0.2) is 41.1 Å². The van der Waals surface area contributed by atoms with E-state index in [1.807, 2.05) is 16.7 Å². The number of rotatable bonds is 1. The molecule has 1 aromatic rings. The molecule has 1 aromatic carbocycles. The van der Waals surface area contributed by atoms with Crippen LogP contribution in [0.3, 0.4) is 0 Å². The molecule has 0 bridgehead atoms. The first-order valence-electron chi connectivity index (χ1n) is 6.64. The van der Waals surface area contributed by atoms with E-state index >= 15 is 0 Å². The van der Waals surface area contributed by atoms with Gasteiger partial charge in [-0.1, -0.05) is 12.1 Å². The Labute approximate surface area is 116 Å². The van der Waals surface area contributed by atoms with E-state index in [-0.39, 0.29) is 16.3 Å². The molecule has 0 aliphatic carbocycles. The van der Waals surface area contributed by atoms with Crippen molar-refractivity contribution >= 4 is 17.7 Å². The highest BCUT2D eigenvalue weighted by atomic mass is 32.2. The fourth-order valence-electron chi connectivity index (χ4n) is 2.91. The van der Waals surface area contributed by atoms with Crippen LogP contribution in [0.15, 0.2) is 24.3 Å². The Hall–Kier alpha value is -1.07. The number of amides is 1. The zero-order valence-electron chi connectivity index (χ0n) is 10.7. The molecule has 0 radical (unpaired) electrons. The largest absolute Gasteiger partial charge is 0.323 e. The fraction of sp³-hybridized carbons (Fsp3) is 0.500. The van der Waals surface area contributed by atoms with Gasteiger partial charge in [-0.2, -0.15) is 0 Å². The van der Waals surface area contributed by atoms with E-state index in [0.717, 1.165) is 38.2 Å². The first-order valence-corrected chi connectivity index (χ1v) is 7.63. The Balaban J connectivity index is 1.88. The first-order chi connectivity index (χ1) is 9.23. The van der Waals surface area contributed by atoms with E-state index in [9.17, 15) is 9.18 Å². The van der Waals surface area contributed by atoms with E-state index in [1.165, 1.54) is 6.07 Å². The van der Waals surface area contributed by atoms with Crippen LogP contribution in [0.2, 0.25) is 0 Å². The van der Waals surface area contributed by atoms with Crippen molar-refractivity contribution in [1.29, 1.82) is 0 Å². The second kappa shape index (κ2) is 5.13. The van der Waals surface area contributed by atoms with Gasteiger partial charge in [-0.25, -0.2) is 4.39 Å². The number of hydrogen-bond acceptors (Lipinski definition) is 3. The van der Waals surface area contributed by atoms with Gasteiger partial charge in [0.1, 0.15) is 5.82 Å². The van der Waals surface area contributed by atoms with Crippen molar-refractivity contribution in [2.45, 2.75) is 17.7 Å². The summed E-state index contributed by atoms with van der Waals surface area (Å²) in [6.07, 6.45) is 1.88. The van der Waals surface area contributed by atoms with Crippen molar-refractivity contribution in [3.63, 3.8) is 0 Å². The average Bonchev–Trinajstić information content (AvgIpc) is 2.82. The van der Waals surface area contributed by atoms with E-state index in [1.54, 1.807) is 18.2 Å². The number of nitrogens with one attached hydrogen (secondary N) is 1. The van der Waals surface area contributed by atoms with Gasteiger partial charge in [-0.05, 0) is 38.1 Å². The predicted octanol–water partition coefficient (Wildman–Crippen LogP) is 2.09. The van der Waals surface area contributed by atoms with Crippen molar-refractivity contribution in [3.05, 3.63) is 35.6 Å². The molecule has 1 N–H and O–H groups in total. The van der Waals surface area contributed by atoms with Crippen LogP contribution in [0.5, 0.6) is 0 Å². The van der Waals surface area contributed by atoms with Crippen LogP contribution in [0.1, 0.15) is 23.2 Å². The Morgan fingerprint density at radius 2 is 2.05 bits per heavy atom. The second-order valence-electron chi connectivity index (χ2n) is 4.98. The highest BCUT2D eigenvalue weighted by Gasteiger charge is 2.45. The number of benzene rings is 1. The number of hydrogen-bond donors (Lipinski definition) is 1. The van der Waals surface area contributed by atoms with Gasteiger partial charge in [0.2, 0.25) is 0 Å². The topological polar surface area (TPSA) is 32.3 Å². The molecule has 2 saturated heterocycles. The van der Waals surface area contributed by atoms with Gasteiger partial charge in [-0.3, -0.25) is 4.79 Å². The third kappa shape index (κ3) is 2.25. The molecule has 0 unspecified atom stereocenters. The molecule has 19 heavy (non-hydrogen) atoms. The van der Waals surface area contributed by atoms with Crippen LogP contribution in [0.4, 0.5) is 4.39 Å². The quantitative estimate of drug-likeness (QED) is 0.855. The Kier molecular flexibility index (Phi) is 3.50. The normalized spacial score (nSPS) is 21.8. The van der Waals surface area contributed by atoms with Crippen LogP contribution in [-0.2, 0) is 0 Å². The van der Waals surface area contributed by atoms with Crippen LogP contribution in [0.25, 0.3) is 0 Å². The number of thioether (sulfide) groups is 1. The average molecular weight is 280 g/mol. The summed E-state index contributed by atoms with van der Waals surface area (Å²) in [5, 5.41) is 3.32. The minimum atomic E-state index is -0.423.